The topological polar surface area (TPSA) is 0 Å². The Morgan fingerprint density at radius 1 is 0.500 bits per heavy atom. The molecule has 0 bridgehead atoms. The number of hydrogen-bond donors (Lipinski definition) is 0. The van der Waals surface area contributed by atoms with Crippen molar-refractivity contribution < 1.29 is 0 Å². The van der Waals surface area contributed by atoms with Gasteiger partial charge in [-0.25, -0.2) is 0 Å². The van der Waals surface area contributed by atoms with E-state index in [1.165, 1.54) is 127 Å². The Morgan fingerprint density at radius 2 is 1.12 bits per heavy atom. The third-order valence-corrected chi connectivity index (χ3v) is 13.4. The van der Waals surface area contributed by atoms with E-state index in [1.54, 1.807) is 5.57 Å². The highest BCUT2D eigenvalue weighted by molar-refractivity contribution is 5.85. The molecule has 9 rings (SSSR count). The Hall–Kier alpha value is -5.98. The molecule has 64 heavy (non-hydrogen) atoms. The van der Waals surface area contributed by atoms with Gasteiger partial charge in [0.15, 0.2) is 0 Å². The van der Waals surface area contributed by atoms with Crippen LogP contribution in [0.5, 0.6) is 0 Å². The molecule has 7 aromatic carbocycles. The highest BCUT2D eigenvalue weighted by atomic mass is 14.4. The summed E-state index contributed by atoms with van der Waals surface area (Å²) in [5, 5.41) is 0. The fourth-order valence-electron chi connectivity index (χ4n) is 9.59. The fourth-order valence-corrected chi connectivity index (χ4v) is 9.59. The van der Waals surface area contributed by atoms with Crippen molar-refractivity contribution in [3.05, 3.63) is 220 Å². The molecule has 0 unspecified atom stereocenters. The van der Waals surface area contributed by atoms with Crippen LogP contribution in [-0.2, 0) is 17.3 Å². The summed E-state index contributed by atoms with van der Waals surface area (Å²) in [6.07, 6.45) is 11.9. The lowest BCUT2D eigenvalue weighted by molar-refractivity contribution is 0.584. The van der Waals surface area contributed by atoms with Gasteiger partial charge in [0, 0.05) is 5.41 Å². The van der Waals surface area contributed by atoms with Gasteiger partial charge in [-0.3, -0.25) is 0 Å². The second-order valence-corrected chi connectivity index (χ2v) is 19.6. The number of allylic oxidation sites excluding steroid dienone is 4. The average molecular weight is 839 g/mol. The minimum absolute atomic E-state index is 0.0533. The average Bonchev–Trinajstić information content (AvgIpc) is 3.53. The van der Waals surface area contributed by atoms with E-state index in [2.05, 4.69) is 233 Å². The molecule has 0 heteroatoms. The molecule has 2 aliphatic rings. The van der Waals surface area contributed by atoms with E-state index in [9.17, 15) is 0 Å². The van der Waals surface area contributed by atoms with Crippen molar-refractivity contribution >= 4 is 5.57 Å². The number of aryl methyl sites for hydroxylation is 3. The van der Waals surface area contributed by atoms with Crippen LogP contribution < -0.4 is 0 Å². The predicted octanol–water partition coefficient (Wildman–Crippen LogP) is 18.4. The van der Waals surface area contributed by atoms with Crippen molar-refractivity contribution in [1.29, 1.82) is 0 Å². The molecule has 7 aromatic rings. The molecule has 0 radical (unpaired) electrons. The molecule has 0 saturated carbocycles. The van der Waals surface area contributed by atoms with Gasteiger partial charge in [-0.1, -0.05) is 236 Å². The van der Waals surface area contributed by atoms with E-state index >= 15 is 0 Å². The van der Waals surface area contributed by atoms with Gasteiger partial charge in [-0.2, -0.15) is 0 Å². The van der Waals surface area contributed by atoms with Gasteiger partial charge in [0.1, 0.15) is 0 Å². The van der Waals surface area contributed by atoms with E-state index in [4.69, 9.17) is 0 Å². The molecule has 0 saturated heterocycles. The molecule has 326 valence electrons. The van der Waals surface area contributed by atoms with E-state index in [0.29, 0.717) is 0 Å². The monoisotopic (exact) mass is 839 g/mol. The Balaban J connectivity index is 0.000000151. The molecule has 0 spiro atoms. The van der Waals surface area contributed by atoms with Crippen LogP contribution in [-0.4, -0.2) is 0 Å². The lowest BCUT2D eigenvalue weighted by Crippen LogP contribution is -2.17. The molecule has 0 heterocycles. The van der Waals surface area contributed by atoms with Crippen LogP contribution in [0.4, 0.5) is 0 Å². The summed E-state index contributed by atoms with van der Waals surface area (Å²) in [5.41, 5.74) is 25.2. The van der Waals surface area contributed by atoms with Gasteiger partial charge in [0.2, 0.25) is 0 Å². The van der Waals surface area contributed by atoms with Crippen LogP contribution in [0.2, 0.25) is 0 Å². The summed E-state index contributed by atoms with van der Waals surface area (Å²) in [5.74, 6) is 0. The zero-order valence-corrected chi connectivity index (χ0v) is 40.4. The lowest BCUT2D eigenvalue weighted by atomic mass is 9.79. The van der Waals surface area contributed by atoms with Crippen LogP contribution in [0.1, 0.15) is 125 Å². The summed E-state index contributed by atoms with van der Waals surface area (Å²) in [6.45, 7) is 22.7. The third kappa shape index (κ3) is 10.3. The fraction of sp³-hybridized carbons (Fsp3) is 0.281. The van der Waals surface area contributed by atoms with Crippen molar-refractivity contribution in [2.24, 2.45) is 0 Å². The molecule has 0 N–H and O–H groups in total. The smallest absolute Gasteiger partial charge is 0.0158 e. The number of rotatable bonds is 8. The first-order chi connectivity index (χ1) is 30.8. The van der Waals surface area contributed by atoms with Crippen LogP contribution in [0.25, 0.3) is 50.1 Å². The second-order valence-electron chi connectivity index (χ2n) is 19.6. The van der Waals surface area contributed by atoms with Gasteiger partial charge >= 0.3 is 0 Å². The Labute approximate surface area is 386 Å². The molecule has 0 fully saturated rings. The summed E-state index contributed by atoms with van der Waals surface area (Å²) in [6, 6.07) is 57.7. The molecule has 0 nitrogen and oxygen atoms in total. The van der Waals surface area contributed by atoms with Crippen LogP contribution in [0.3, 0.4) is 0 Å². The van der Waals surface area contributed by atoms with Crippen molar-refractivity contribution in [3.63, 3.8) is 0 Å². The normalized spacial score (nSPS) is 13.6. The maximum Gasteiger partial charge on any atom is 0.0158 e. The maximum absolute atomic E-state index is 2.43. The molecular formula is C64H70. The Kier molecular flexibility index (Phi) is 14.6. The molecule has 0 amide bonds. The zero-order chi connectivity index (χ0) is 45.4. The van der Waals surface area contributed by atoms with Gasteiger partial charge in [0.25, 0.3) is 0 Å². The number of hydrogen-bond acceptors (Lipinski definition) is 0. The standard InChI is InChI=1S/C26H28.C25H30.C13H12/c1-17-7-9-18(10-8-17)19-11-14-23-22(15-19)21-13-12-20(25(2,3)4)16-24(21)26(23,5)6;1-4-9-20-15-17-22(18-16-20)23-13-8-14-24(19(23)3)25-12-7-6-11-21(25)10-5-2;1-11-7-5-6-10-13(11)12-8-3-2-4-9-12/h7-16H,1-6H3;7-8,12-18H,4-6,9-11H2,1-3H3;2-10H,1H3. The summed E-state index contributed by atoms with van der Waals surface area (Å²) in [7, 11) is 0. The highest BCUT2D eigenvalue weighted by Crippen LogP contribution is 2.50. The van der Waals surface area contributed by atoms with Crippen molar-refractivity contribution in [3.8, 4) is 44.5 Å². The van der Waals surface area contributed by atoms with E-state index in [1.807, 2.05) is 6.07 Å². The lowest BCUT2D eigenvalue weighted by Gasteiger charge is -2.25. The van der Waals surface area contributed by atoms with Crippen LogP contribution in [0.15, 0.2) is 175 Å². The first kappa shape index (κ1) is 46.0. The highest BCUT2D eigenvalue weighted by Gasteiger charge is 2.36. The second kappa shape index (κ2) is 20.2. The van der Waals surface area contributed by atoms with Crippen LogP contribution >= 0.6 is 0 Å². The summed E-state index contributed by atoms with van der Waals surface area (Å²) >= 11 is 0. The quantitative estimate of drug-likeness (QED) is 0.143. The van der Waals surface area contributed by atoms with E-state index in [-0.39, 0.29) is 10.8 Å². The minimum atomic E-state index is 0.0533. The zero-order valence-electron chi connectivity index (χ0n) is 40.4. The third-order valence-electron chi connectivity index (χ3n) is 13.4. The van der Waals surface area contributed by atoms with Crippen molar-refractivity contribution in [1.82, 2.24) is 0 Å². The van der Waals surface area contributed by atoms with Crippen molar-refractivity contribution in [2.75, 3.05) is 0 Å². The summed E-state index contributed by atoms with van der Waals surface area (Å²) in [4.78, 5) is 0. The molecule has 2 aliphatic carbocycles. The van der Waals surface area contributed by atoms with Gasteiger partial charge in [-0.15, -0.1) is 0 Å². The maximum atomic E-state index is 2.43. The van der Waals surface area contributed by atoms with E-state index < -0.39 is 0 Å². The predicted molar refractivity (Wildman–Crippen MR) is 280 cm³/mol. The first-order valence-electron chi connectivity index (χ1n) is 23.9. The number of fused-ring (bicyclic) bond motifs is 3. The molecule has 0 aromatic heterocycles. The Morgan fingerprint density at radius 3 is 1.81 bits per heavy atom. The van der Waals surface area contributed by atoms with E-state index in [0.717, 1.165) is 6.42 Å². The van der Waals surface area contributed by atoms with Gasteiger partial charge < -0.3 is 0 Å². The Bertz CT molecular complexity index is 2730. The van der Waals surface area contributed by atoms with Crippen molar-refractivity contribution in [2.45, 2.75) is 119 Å². The molecule has 0 atom stereocenters. The molecular weight excluding hydrogens is 769 g/mol. The first-order valence-corrected chi connectivity index (χ1v) is 23.9. The van der Waals surface area contributed by atoms with Gasteiger partial charge in [-0.05, 0) is 147 Å². The minimum Gasteiger partial charge on any atom is -0.0836 e. The van der Waals surface area contributed by atoms with Crippen LogP contribution in [0, 0.1) is 20.8 Å². The summed E-state index contributed by atoms with van der Waals surface area (Å²) < 4.78 is 0. The number of benzene rings is 7. The molecule has 0 aliphatic heterocycles. The largest absolute Gasteiger partial charge is 0.0836 e. The van der Waals surface area contributed by atoms with Gasteiger partial charge in [0.05, 0.1) is 0 Å². The SMILES string of the molecule is CCCC1=C(c2cccc(-c3ccc(CCC)cc3)c2C)C=CCC1.Cc1ccc(-c2ccc3c(c2)-c2ccc(C(C)(C)C)cc2C3(C)C)cc1.Cc1ccccc1-c1ccccc1.